The summed E-state index contributed by atoms with van der Waals surface area (Å²) < 4.78 is 0. The Morgan fingerprint density at radius 2 is 1.60 bits per heavy atom. The zero-order valence-corrected chi connectivity index (χ0v) is 17.9. The van der Waals surface area contributed by atoms with Gasteiger partial charge in [-0.15, -0.1) is 0 Å². The van der Waals surface area contributed by atoms with Crippen LogP contribution >= 0.6 is 0 Å². The molecule has 1 saturated heterocycles. The molecule has 1 N–H and O–H groups in total. The summed E-state index contributed by atoms with van der Waals surface area (Å²) in [6.07, 6.45) is 7.94. The summed E-state index contributed by atoms with van der Waals surface area (Å²) in [6, 6.07) is 21.7. The van der Waals surface area contributed by atoms with Gasteiger partial charge in [0.2, 0.25) is 5.91 Å². The number of likely N-dealkylation sites (tertiary alicyclic amines) is 1. The minimum absolute atomic E-state index is 0.292. The summed E-state index contributed by atoms with van der Waals surface area (Å²) >= 11 is 0. The monoisotopic (exact) mass is 402 g/mol. The number of hydrogen-bond acceptors (Lipinski definition) is 2. The zero-order valence-electron chi connectivity index (χ0n) is 17.9. The van der Waals surface area contributed by atoms with Crippen LogP contribution in [0.25, 0.3) is 0 Å². The number of carbonyl (C=O) groups excluding carboxylic acids is 1. The Morgan fingerprint density at radius 1 is 0.900 bits per heavy atom. The predicted octanol–water partition coefficient (Wildman–Crippen LogP) is 4.92. The first-order valence-corrected chi connectivity index (χ1v) is 11.9. The van der Waals surface area contributed by atoms with Gasteiger partial charge in [-0.1, -0.05) is 79.9 Å². The third kappa shape index (κ3) is 3.80. The van der Waals surface area contributed by atoms with E-state index in [2.05, 4.69) is 70.9 Å². The lowest BCUT2D eigenvalue weighted by molar-refractivity contribution is -0.129. The van der Waals surface area contributed by atoms with Crippen LogP contribution in [0.4, 0.5) is 0 Å². The van der Waals surface area contributed by atoms with Crippen LogP contribution in [0.15, 0.2) is 60.7 Å². The van der Waals surface area contributed by atoms with Gasteiger partial charge >= 0.3 is 0 Å². The lowest BCUT2D eigenvalue weighted by atomic mass is 9.68. The summed E-state index contributed by atoms with van der Waals surface area (Å²) in [5.74, 6) is 1.63. The maximum Gasteiger partial charge on any atom is 0.230 e. The molecule has 3 fully saturated rings. The van der Waals surface area contributed by atoms with Crippen LogP contribution in [0.2, 0.25) is 0 Å². The van der Waals surface area contributed by atoms with Gasteiger partial charge in [-0.25, -0.2) is 0 Å². The van der Waals surface area contributed by atoms with Crippen LogP contribution in [-0.2, 0) is 16.8 Å². The molecule has 1 amide bonds. The third-order valence-electron chi connectivity index (χ3n) is 7.97. The molecule has 3 atom stereocenters. The standard InChI is InChI=1S/C27H34N2O/c30-26(27(16-8-3-9-17-27)23-12-6-2-7-13-23)28-25-15-14-22-19-29(20-24(22)25)18-21-10-4-1-5-11-21/h1-2,4-7,10-13,22,24-25H,3,8-9,14-20H2,(H,28,30)/t22-,24?,25?/m0/s1. The fraction of sp³-hybridized carbons (Fsp3) is 0.519. The zero-order chi connectivity index (χ0) is 20.4. The summed E-state index contributed by atoms with van der Waals surface area (Å²) in [6.45, 7) is 3.32. The molecule has 5 rings (SSSR count). The summed E-state index contributed by atoms with van der Waals surface area (Å²) in [5, 5.41) is 3.58. The number of hydrogen-bond donors (Lipinski definition) is 1. The number of nitrogens with one attached hydrogen (secondary N) is 1. The van der Waals surface area contributed by atoms with E-state index in [0.717, 1.165) is 51.1 Å². The van der Waals surface area contributed by atoms with Gasteiger partial charge in [-0.3, -0.25) is 9.69 Å². The molecule has 0 radical (unpaired) electrons. The Labute approximate surface area is 180 Å². The molecular weight excluding hydrogens is 368 g/mol. The van der Waals surface area contributed by atoms with Gasteiger partial charge in [-0.2, -0.15) is 0 Å². The molecule has 3 nitrogen and oxygen atoms in total. The molecular formula is C27H34N2O. The number of nitrogens with zero attached hydrogens (tertiary/aromatic N) is 1. The van der Waals surface area contributed by atoms with Crippen molar-refractivity contribution in [3.05, 3.63) is 71.8 Å². The van der Waals surface area contributed by atoms with Crippen LogP contribution < -0.4 is 5.32 Å². The molecule has 2 aliphatic carbocycles. The van der Waals surface area contributed by atoms with Gasteiger partial charge in [0.05, 0.1) is 5.41 Å². The highest BCUT2D eigenvalue weighted by Crippen LogP contribution is 2.42. The molecule has 158 valence electrons. The van der Waals surface area contributed by atoms with Crippen LogP contribution in [0, 0.1) is 11.8 Å². The molecule has 0 bridgehead atoms. The topological polar surface area (TPSA) is 32.3 Å². The minimum atomic E-state index is -0.320. The normalized spacial score (nSPS) is 28.2. The van der Waals surface area contributed by atoms with Gasteiger partial charge in [0.1, 0.15) is 0 Å². The molecule has 2 aromatic carbocycles. The largest absolute Gasteiger partial charge is 0.352 e. The Morgan fingerprint density at radius 3 is 2.33 bits per heavy atom. The lowest BCUT2D eigenvalue weighted by Gasteiger charge is -2.38. The smallest absolute Gasteiger partial charge is 0.230 e. The second-order valence-electron chi connectivity index (χ2n) is 9.77. The Hall–Kier alpha value is -2.13. The van der Waals surface area contributed by atoms with Crippen molar-refractivity contribution < 1.29 is 4.79 Å². The van der Waals surface area contributed by atoms with Crippen LogP contribution in [0.1, 0.15) is 56.1 Å². The first-order valence-electron chi connectivity index (χ1n) is 11.9. The number of fused-ring (bicyclic) bond motifs is 1. The second kappa shape index (κ2) is 8.55. The van der Waals surface area contributed by atoms with E-state index in [-0.39, 0.29) is 5.41 Å². The molecule has 3 aliphatic rings. The molecule has 1 heterocycles. The molecule has 2 unspecified atom stereocenters. The van der Waals surface area contributed by atoms with Crippen molar-refractivity contribution in [2.45, 2.75) is 62.9 Å². The van der Waals surface area contributed by atoms with E-state index < -0.39 is 0 Å². The molecule has 0 spiro atoms. The van der Waals surface area contributed by atoms with Crippen molar-refractivity contribution >= 4 is 5.91 Å². The van der Waals surface area contributed by atoms with Gasteiger partial charge < -0.3 is 5.32 Å². The van der Waals surface area contributed by atoms with E-state index in [4.69, 9.17) is 0 Å². The van der Waals surface area contributed by atoms with E-state index in [1.54, 1.807) is 0 Å². The lowest BCUT2D eigenvalue weighted by Crippen LogP contribution is -2.50. The van der Waals surface area contributed by atoms with Gasteiger partial charge in [-0.05, 0) is 48.6 Å². The van der Waals surface area contributed by atoms with Crippen molar-refractivity contribution in [2.24, 2.45) is 11.8 Å². The van der Waals surface area contributed by atoms with Gasteiger partial charge in [0.15, 0.2) is 0 Å². The number of amides is 1. The summed E-state index contributed by atoms with van der Waals surface area (Å²) in [7, 11) is 0. The SMILES string of the molecule is O=C(NC1CC[C@H]2CN(Cc3ccccc3)CC12)C1(c2ccccc2)CCCCC1. The average molecular weight is 403 g/mol. The maximum absolute atomic E-state index is 13.7. The molecule has 0 aromatic heterocycles. The third-order valence-corrected chi connectivity index (χ3v) is 7.97. The highest BCUT2D eigenvalue weighted by molar-refractivity contribution is 5.88. The highest BCUT2D eigenvalue weighted by Gasteiger charge is 2.46. The van der Waals surface area contributed by atoms with E-state index in [0.29, 0.717) is 17.9 Å². The first-order chi connectivity index (χ1) is 14.7. The van der Waals surface area contributed by atoms with E-state index >= 15 is 0 Å². The quantitative estimate of drug-likeness (QED) is 0.770. The Kier molecular flexibility index (Phi) is 5.64. The van der Waals surface area contributed by atoms with E-state index in [1.165, 1.54) is 30.5 Å². The number of benzene rings is 2. The fourth-order valence-electron chi connectivity index (χ4n) is 6.37. The molecule has 1 aliphatic heterocycles. The predicted molar refractivity (Wildman–Crippen MR) is 121 cm³/mol. The maximum atomic E-state index is 13.7. The van der Waals surface area contributed by atoms with Gasteiger partial charge in [0, 0.05) is 25.7 Å². The fourth-order valence-corrected chi connectivity index (χ4v) is 6.37. The summed E-state index contributed by atoms with van der Waals surface area (Å²) in [5.41, 5.74) is 2.29. The average Bonchev–Trinajstić information content (AvgIpc) is 3.36. The van der Waals surface area contributed by atoms with E-state index in [9.17, 15) is 4.79 Å². The highest BCUT2D eigenvalue weighted by atomic mass is 16.2. The first kappa shape index (κ1) is 19.8. The van der Waals surface area contributed by atoms with Crippen molar-refractivity contribution in [1.29, 1.82) is 0 Å². The Bertz CT molecular complexity index is 844. The van der Waals surface area contributed by atoms with Crippen LogP contribution in [0.5, 0.6) is 0 Å². The molecule has 30 heavy (non-hydrogen) atoms. The van der Waals surface area contributed by atoms with E-state index in [1.807, 2.05) is 0 Å². The molecule has 2 aromatic rings. The summed E-state index contributed by atoms with van der Waals surface area (Å²) in [4.78, 5) is 16.3. The van der Waals surface area contributed by atoms with Crippen LogP contribution in [-0.4, -0.2) is 29.9 Å². The number of carbonyl (C=O) groups is 1. The number of rotatable bonds is 5. The second-order valence-corrected chi connectivity index (χ2v) is 9.77. The van der Waals surface area contributed by atoms with Crippen molar-refractivity contribution in [3.8, 4) is 0 Å². The van der Waals surface area contributed by atoms with Crippen molar-refractivity contribution in [3.63, 3.8) is 0 Å². The van der Waals surface area contributed by atoms with Crippen molar-refractivity contribution in [2.75, 3.05) is 13.1 Å². The van der Waals surface area contributed by atoms with Crippen LogP contribution in [0.3, 0.4) is 0 Å². The molecule has 3 heteroatoms. The molecule has 2 saturated carbocycles. The van der Waals surface area contributed by atoms with Crippen molar-refractivity contribution in [1.82, 2.24) is 10.2 Å². The van der Waals surface area contributed by atoms with Gasteiger partial charge in [0.25, 0.3) is 0 Å². The Balaban J connectivity index is 1.28. The minimum Gasteiger partial charge on any atom is -0.352 e.